The smallest absolute Gasteiger partial charge is 0.269 e. The second-order valence-corrected chi connectivity index (χ2v) is 5.92. The van der Waals surface area contributed by atoms with Crippen LogP contribution in [0.2, 0.25) is 0 Å². The van der Waals surface area contributed by atoms with Crippen LogP contribution in [0.3, 0.4) is 0 Å². The molecule has 2 heterocycles. The lowest BCUT2D eigenvalue weighted by Crippen LogP contribution is -2.51. The fourth-order valence-corrected chi connectivity index (χ4v) is 2.96. The van der Waals surface area contributed by atoms with Crippen LogP contribution >= 0.6 is 24.8 Å². The van der Waals surface area contributed by atoms with E-state index >= 15 is 0 Å². The molecule has 1 aliphatic rings. The zero-order valence-corrected chi connectivity index (χ0v) is 15.6. The molecular formula is C16H24Cl2N4O3. The second kappa shape index (κ2) is 9.35. The highest BCUT2D eigenvalue weighted by Gasteiger charge is 2.24. The van der Waals surface area contributed by atoms with E-state index in [9.17, 15) is 9.90 Å². The van der Waals surface area contributed by atoms with Gasteiger partial charge in [0.2, 0.25) is 0 Å². The van der Waals surface area contributed by atoms with Crippen molar-refractivity contribution < 1.29 is 9.84 Å². The number of nitrogens with zero attached hydrogens (tertiary/aromatic N) is 3. The molecule has 3 N–H and O–H groups in total. The van der Waals surface area contributed by atoms with Gasteiger partial charge in [-0.15, -0.1) is 24.8 Å². The third-order valence-corrected chi connectivity index (χ3v) is 4.41. The van der Waals surface area contributed by atoms with E-state index in [1.54, 1.807) is 11.7 Å². The second-order valence-electron chi connectivity index (χ2n) is 5.92. The minimum Gasteiger partial charge on any atom is -0.497 e. The van der Waals surface area contributed by atoms with Crippen molar-refractivity contribution in [2.24, 2.45) is 5.73 Å². The Morgan fingerprint density at radius 1 is 1.36 bits per heavy atom. The Bertz CT molecular complexity index is 756. The minimum absolute atomic E-state index is 0. The Morgan fingerprint density at radius 2 is 2.12 bits per heavy atom. The standard InChI is InChI=1S/C16H22N4O3.2ClH/c1-23-11-2-3-13-14(8-11)20(16(22)9-18-13)7-6-19-5-4-12(17)15(21)10-19;;/h2-3,8-9,12,15,21H,4-7,10,17H2,1H3;2*1H. The molecule has 1 fully saturated rings. The number of β-amino-alcohol motifs (C(OH)–C–C–N with tert-alkyl or cyclic N) is 1. The number of likely N-dealkylation sites (tertiary alicyclic amines) is 1. The first-order valence-corrected chi connectivity index (χ1v) is 7.78. The summed E-state index contributed by atoms with van der Waals surface area (Å²) in [6.45, 7) is 2.59. The quantitative estimate of drug-likeness (QED) is 0.795. The molecule has 1 aliphatic heterocycles. The van der Waals surface area contributed by atoms with Crippen molar-refractivity contribution in [3.63, 3.8) is 0 Å². The van der Waals surface area contributed by atoms with Gasteiger partial charge in [-0.25, -0.2) is 4.98 Å². The first-order valence-electron chi connectivity index (χ1n) is 7.78. The molecule has 1 aromatic heterocycles. The van der Waals surface area contributed by atoms with Gasteiger partial charge in [-0.05, 0) is 25.1 Å². The highest BCUT2D eigenvalue weighted by molar-refractivity contribution is 5.85. The zero-order valence-electron chi connectivity index (χ0n) is 14.0. The molecule has 1 aromatic carbocycles. The largest absolute Gasteiger partial charge is 0.497 e. The van der Waals surface area contributed by atoms with Gasteiger partial charge in [0.05, 0.1) is 30.4 Å². The average Bonchev–Trinajstić information content (AvgIpc) is 2.56. The van der Waals surface area contributed by atoms with Crippen LogP contribution in [0.25, 0.3) is 11.0 Å². The molecule has 2 aromatic rings. The summed E-state index contributed by atoms with van der Waals surface area (Å²) in [5.41, 5.74) is 7.20. The number of hydrogen-bond acceptors (Lipinski definition) is 6. The number of piperidine rings is 1. The lowest BCUT2D eigenvalue weighted by atomic mass is 10.0. The van der Waals surface area contributed by atoms with Crippen molar-refractivity contribution in [2.45, 2.75) is 25.1 Å². The number of ether oxygens (including phenoxy) is 1. The van der Waals surface area contributed by atoms with Crippen LogP contribution in [0.5, 0.6) is 5.75 Å². The number of aromatic nitrogens is 2. The molecule has 2 atom stereocenters. The number of methoxy groups -OCH3 is 1. The molecule has 7 nitrogen and oxygen atoms in total. The van der Waals surface area contributed by atoms with Crippen LogP contribution in [0.1, 0.15) is 6.42 Å². The van der Waals surface area contributed by atoms with Crippen molar-refractivity contribution in [1.29, 1.82) is 0 Å². The van der Waals surface area contributed by atoms with Crippen molar-refractivity contribution in [1.82, 2.24) is 14.5 Å². The van der Waals surface area contributed by atoms with Crippen molar-refractivity contribution >= 4 is 35.8 Å². The van der Waals surface area contributed by atoms with Gasteiger partial charge in [0.25, 0.3) is 5.56 Å². The van der Waals surface area contributed by atoms with E-state index in [0.29, 0.717) is 25.4 Å². The summed E-state index contributed by atoms with van der Waals surface area (Å²) in [6, 6.07) is 5.34. The third kappa shape index (κ3) is 4.83. The van der Waals surface area contributed by atoms with E-state index in [-0.39, 0.29) is 36.4 Å². The van der Waals surface area contributed by atoms with E-state index in [2.05, 4.69) is 9.88 Å². The molecule has 0 bridgehead atoms. The summed E-state index contributed by atoms with van der Waals surface area (Å²) in [5.74, 6) is 0.693. The fraction of sp³-hybridized carbons (Fsp3) is 0.500. The van der Waals surface area contributed by atoms with Crippen LogP contribution in [-0.4, -0.2) is 58.4 Å². The molecule has 0 aliphatic carbocycles. The Labute approximate surface area is 158 Å². The molecule has 0 radical (unpaired) electrons. The van der Waals surface area contributed by atoms with E-state index < -0.39 is 6.10 Å². The molecule has 25 heavy (non-hydrogen) atoms. The van der Waals surface area contributed by atoms with Crippen LogP contribution in [0.4, 0.5) is 0 Å². The van der Waals surface area contributed by atoms with E-state index in [4.69, 9.17) is 10.5 Å². The Morgan fingerprint density at radius 3 is 2.80 bits per heavy atom. The van der Waals surface area contributed by atoms with Crippen LogP contribution in [-0.2, 0) is 6.54 Å². The fourth-order valence-electron chi connectivity index (χ4n) is 2.96. The number of fused-ring (bicyclic) bond motifs is 1. The van der Waals surface area contributed by atoms with Gasteiger partial charge in [0.1, 0.15) is 5.75 Å². The Hall–Kier alpha value is -1.38. The highest BCUT2D eigenvalue weighted by atomic mass is 35.5. The summed E-state index contributed by atoms with van der Waals surface area (Å²) in [7, 11) is 1.60. The van der Waals surface area contributed by atoms with Crippen molar-refractivity contribution in [3.05, 3.63) is 34.7 Å². The normalized spacial score (nSPS) is 20.6. The number of hydrogen-bond donors (Lipinski definition) is 2. The SMILES string of the molecule is COc1ccc2ncc(=O)n(CCN3CCC(N)C(O)C3)c2c1.Cl.Cl. The number of halogens is 2. The summed E-state index contributed by atoms with van der Waals surface area (Å²) in [6.07, 6.45) is 1.60. The predicted octanol–water partition coefficient (Wildman–Crippen LogP) is 0.643. The summed E-state index contributed by atoms with van der Waals surface area (Å²) < 4.78 is 6.94. The topological polar surface area (TPSA) is 93.6 Å². The van der Waals surface area contributed by atoms with Crippen LogP contribution in [0, 0.1) is 0 Å². The van der Waals surface area contributed by atoms with Gasteiger partial charge in [-0.1, -0.05) is 0 Å². The maximum atomic E-state index is 12.2. The van der Waals surface area contributed by atoms with Crippen LogP contribution in [0.15, 0.2) is 29.2 Å². The molecule has 2 unspecified atom stereocenters. The zero-order chi connectivity index (χ0) is 16.4. The van der Waals surface area contributed by atoms with Gasteiger partial charge in [-0.2, -0.15) is 0 Å². The summed E-state index contributed by atoms with van der Waals surface area (Å²) in [5, 5.41) is 9.88. The number of rotatable bonds is 4. The van der Waals surface area contributed by atoms with E-state index in [1.807, 2.05) is 18.2 Å². The van der Waals surface area contributed by atoms with Gasteiger partial charge < -0.3 is 20.1 Å². The number of aliphatic hydroxyl groups is 1. The number of nitrogens with two attached hydrogens (primary N) is 1. The molecule has 3 rings (SSSR count). The van der Waals surface area contributed by atoms with Crippen molar-refractivity contribution in [2.75, 3.05) is 26.7 Å². The first kappa shape index (κ1) is 21.7. The van der Waals surface area contributed by atoms with Gasteiger partial charge in [0, 0.05) is 31.7 Å². The molecule has 0 saturated carbocycles. The maximum Gasteiger partial charge on any atom is 0.269 e. The molecule has 9 heteroatoms. The van der Waals surface area contributed by atoms with E-state index in [1.165, 1.54) is 6.20 Å². The van der Waals surface area contributed by atoms with Gasteiger partial charge >= 0.3 is 0 Å². The van der Waals surface area contributed by atoms with Crippen molar-refractivity contribution in [3.8, 4) is 5.75 Å². The van der Waals surface area contributed by atoms with Gasteiger partial charge in [0.15, 0.2) is 0 Å². The highest BCUT2D eigenvalue weighted by Crippen LogP contribution is 2.18. The monoisotopic (exact) mass is 390 g/mol. The van der Waals surface area contributed by atoms with Gasteiger partial charge in [-0.3, -0.25) is 9.69 Å². The summed E-state index contributed by atoms with van der Waals surface area (Å²) >= 11 is 0. The molecule has 0 spiro atoms. The van der Waals surface area contributed by atoms with E-state index in [0.717, 1.165) is 24.0 Å². The number of aliphatic hydroxyl groups excluding tert-OH is 1. The molecule has 0 amide bonds. The maximum absolute atomic E-state index is 12.2. The minimum atomic E-state index is -0.505. The van der Waals surface area contributed by atoms with Crippen LogP contribution < -0.4 is 16.0 Å². The Balaban J connectivity index is 0.00000156. The Kier molecular flexibility index (Phi) is 8.11. The number of benzene rings is 1. The lowest BCUT2D eigenvalue weighted by molar-refractivity contribution is 0.0520. The first-order chi connectivity index (χ1) is 11.1. The molecule has 1 saturated heterocycles. The average molecular weight is 391 g/mol. The third-order valence-electron chi connectivity index (χ3n) is 4.41. The summed E-state index contributed by atoms with van der Waals surface area (Å²) in [4.78, 5) is 18.5. The lowest BCUT2D eigenvalue weighted by Gasteiger charge is -2.34. The molecular weight excluding hydrogens is 367 g/mol. The predicted molar refractivity (Wildman–Crippen MR) is 102 cm³/mol. The molecule has 140 valence electrons.